The van der Waals surface area contributed by atoms with Crippen molar-refractivity contribution in [1.82, 2.24) is 10.2 Å². The maximum atomic E-state index is 12.0. The van der Waals surface area contributed by atoms with Gasteiger partial charge in [-0.2, -0.15) is 0 Å². The average molecular weight is 226 g/mol. The molecule has 0 bridgehead atoms. The van der Waals surface area contributed by atoms with Crippen molar-refractivity contribution in [3.05, 3.63) is 0 Å². The molecule has 2 aliphatic rings. The van der Waals surface area contributed by atoms with Gasteiger partial charge in [-0.25, -0.2) is 0 Å². The summed E-state index contributed by atoms with van der Waals surface area (Å²) in [7, 11) is 0. The molecule has 1 N–H and O–H groups in total. The van der Waals surface area contributed by atoms with Crippen LogP contribution in [0.3, 0.4) is 0 Å². The summed E-state index contributed by atoms with van der Waals surface area (Å²) in [6, 6.07) is 0. The third-order valence-electron chi connectivity index (χ3n) is 3.48. The summed E-state index contributed by atoms with van der Waals surface area (Å²) in [6.07, 6.45) is 2.13. The summed E-state index contributed by atoms with van der Waals surface area (Å²) in [5, 5.41) is 3.37. The Hall–Kier alpha value is -0.610. The quantitative estimate of drug-likeness (QED) is 0.713. The molecular weight excluding hydrogens is 204 g/mol. The first-order valence-electron chi connectivity index (χ1n) is 6.26. The Bertz CT molecular complexity index is 254. The predicted molar refractivity (Wildman–Crippen MR) is 62.2 cm³/mol. The molecule has 0 saturated carbocycles. The number of amides is 1. The van der Waals surface area contributed by atoms with Crippen LogP contribution >= 0.6 is 0 Å². The first-order valence-corrected chi connectivity index (χ1v) is 6.26. The van der Waals surface area contributed by atoms with Crippen molar-refractivity contribution in [2.45, 2.75) is 32.3 Å². The number of nitrogens with zero attached hydrogens (tertiary/aromatic N) is 1. The predicted octanol–water partition coefficient (Wildman–Crippen LogP) is 0.623. The van der Waals surface area contributed by atoms with Gasteiger partial charge in [-0.3, -0.25) is 4.79 Å². The molecule has 4 heteroatoms. The molecule has 16 heavy (non-hydrogen) atoms. The third kappa shape index (κ3) is 2.38. The van der Waals surface area contributed by atoms with Gasteiger partial charge in [-0.1, -0.05) is 13.8 Å². The largest absolute Gasteiger partial charge is 0.370 e. The summed E-state index contributed by atoms with van der Waals surface area (Å²) in [4.78, 5) is 13.9. The van der Waals surface area contributed by atoms with Gasteiger partial charge in [-0.05, 0) is 12.8 Å². The average Bonchev–Trinajstić information content (AvgIpc) is 2.29. The van der Waals surface area contributed by atoms with Gasteiger partial charge in [0.1, 0.15) is 0 Å². The van der Waals surface area contributed by atoms with Crippen LogP contribution in [0.25, 0.3) is 0 Å². The van der Waals surface area contributed by atoms with E-state index in [-0.39, 0.29) is 17.4 Å². The summed E-state index contributed by atoms with van der Waals surface area (Å²) < 4.78 is 5.91. The van der Waals surface area contributed by atoms with Gasteiger partial charge in [0.2, 0.25) is 5.91 Å². The molecule has 0 aromatic heterocycles. The minimum Gasteiger partial charge on any atom is -0.370 e. The molecule has 4 nitrogen and oxygen atoms in total. The molecule has 2 rings (SSSR count). The van der Waals surface area contributed by atoms with Crippen molar-refractivity contribution in [1.29, 1.82) is 0 Å². The number of hydrogen-bond donors (Lipinski definition) is 1. The smallest absolute Gasteiger partial charge is 0.225 e. The molecule has 0 aromatic carbocycles. The van der Waals surface area contributed by atoms with Crippen LogP contribution in [0.4, 0.5) is 0 Å². The Labute approximate surface area is 97.3 Å². The topological polar surface area (TPSA) is 41.6 Å². The number of carbonyl (C=O) groups excluding carboxylic acids is 1. The van der Waals surface area contributed by atoms with Gasteiger partial charge in [-0.15, -0.1) is 0 Å². The highest BCUT2D eigenvalue weighted by molar-refractivity contribution is 5.78. The molecule has 0 aliphatic carbocycles. The van der Waals surface area contributed by atoms with E-state index in [1.54, 1.807) is 0 Å². The Balaban J connectivity index is 2.00. The zero-order valence-electron chi connectivity index (χ0n) is 10.3. The number of rotatable bonds is 1. The van der Waals surface area contributed by atoms with Gasteiger partial charge in [0, 0.05) is 25.6 Å². The number of piperidine rings is 1. The van der Waals surface area contributed by atoms with Crippen LogP contribution in [0.1, 0.15) is 26.7 Å². The van der Waals surface area contributed by atoms with Crippen LogP contribution in [-0.4, -0.2) is 49.2 Å². The second kappa shape index (κ2) is 4.72. The second-order valence-electron chi connectivity index (χ2n) is 5.23. The molecule has 1 atom stereocenters. The number of morpholine rings is 1. The number of hydrogen-bond acceptors (Lipinski definition) is 3. The number of carbonyl (C=O) groups is 1. The number of ether oxygens (including phenoxy) is 1. The minimum atomic E-state index is -0.110. The summed E-state index contributed by atoms with van der Waals surface area (Å²) in [5.41, 5.74) is -0.110. The van der Waals surface area contributed by atoms with E-state index in [1.807, 2.05) is 18.7 Å². The Morgan fingerprint density at radius 2 is 2.31 bits per heavy atom. The number of likely N-dealkylation sites (tertiary alicyclic amines) is 1. The first kappa shape index (κ1) is 11.9. The second-order valence-corrected chi connectivity index (χ2v) is 5.23. The summed E-state index contributed by atoms with van der Waals surface area (Å²) >= 11 is 0. The van der Waals surface area contributed by atoms with E-state index in [4.69, 9.17) is 4.74 Å². The van der Waals surface area contributed by atoms with Crippen molar-refractivity contribution in [2.75, 3.05) is 32.8 Å². The van der Waals surface area contributed by atoms with Crippen LogP contribution in [0.2, 0.25) is 0 Å². The van der Waals surface area contributed by atoms with Crippen LogP contribution in [0.15, 0.2) is 0 Å². The maximum Gasteiger partial charge on any atom is 0.225 e. The van der Waals surface area contributed by atoms with E-state index in [9.17, 15) is 4.79 Å². The van der Waals surface area contributed by atoms with Crippen LogP contribution < -0.4 is 5.32 Å². The monoisotopic (exact) mass is 226 g/mol. The normalized spacial score (nSPS) is 31.1. The third-order valence-corrected chi connectivity index (χ3v) is 3.48. The van der Waals surface area contributed by atoms with E-state index < -0.39 is 0 Å². The zero-order valence-corrected chi connectivity index (χ0v) is 10.3. The van der Waals surface area contributed by atoms with Crippen molar-refractivity contribution < 1.29 is 9.53 Å². The van der Waals surface area contributed by atoms with Crippen molar-refractivity contribution in [2.24, 2.45) is 5.92 Å². The molecule has 1 unspecified atom stereocenters. The molecule has 2 heterocycles. The standard InChI is InChI=1S/C12H22N2O2/c1-10(2)11(15)14-6-3-4-12(9-14)8-13-5-7-16-12/h10,13H,3-9H2,1-2H3. The van der Waals surface area contributed by atoms with Gasteiger partial charge >= 0.3 is 0 Å². The van der Waals surface area contributed by atoms with Crippen molar-refractivity contribution in [3.8, 4) is 0 Å². The minimum absolute atomic E-state index is 0.0895. The van der Waals surface area contributed by atoms with Gasteiger partial charge in [0.15, 0.2) is 0 Å². The summed E-state index contributed by atoms with van der Waals surface area (Å²) in [6.45, 7) is 8.16. The maximum absolute atomic E-state index is 12.0. The molecule has 1 amide bonds. The van der Waals surface area contributed by atoms with Crippen LogP contribution in [-0.2, 0) is 9.53 Å². The van der Waals surface area contributed by atoms with E-state index in [0.717, 1.165) is 45.6 Å². The highest BCUT2D eigenvalue weighted by atomic mass is 16.5. The lowest BCUT2D eigenvalue weighted by Crippen LogP contribution is -2.60. The molecular formula is C12H22N2O2. The van der Waals surface area contributed by atoms with Crippen LogP contribution in [0, 0.1) is 5.92 Å². The zero-order chi connectivity index (χ0) is 11.6. The highest BCUT2D eigenvalue weighted by Crippen LogP contribution is 2.27. The lowest BCUT2D eigenvalue weighted by Gasteiger charge is -2.45. The molecule has 92 valence electrons. The van der Waals surface area contributed by atoms with E-state index >= 15 is 0 Å². The molecule has 0 aromatic rings. The first-order chi connectivity index (χ1) is 7.63. The Morgan fingerprint density at radius 1 is 1.50 bits per heavy atom. The van der Waals surface area contributed by atoms with Crippen LogP contribution in [0.5, 0.6) is 0 Å². The number of nitrogens with one attached hydrogen (secondary N) is 1. The molecule has 2 aliphatic heterocycles. The lowest BCUT2D eigenvalue weighted by atomic mass is 9.91. The molecule has 2 fully saturated rings. The fourth-order valence-corrected chi connectivity index (χ4v) is 2.62. The van der Waals surface area contributed by atoms with E-state index in [0.29, 0.717) is 0 Å². The molecule has 1 spiro atoms. The van der Waals surface area contributed by atoms with Gasteiger partial charge < -0.3 is 15.0 Å². The highest BCUT2D eigenvalue weighted by Gasteiger charge is 2.39. The van der Waals surface area contributed by atoms with E-state index in [2.05, 4.69) is 5.32 Å². The fraction of sp³-hybridized carbons (Fsp3) is 0.917. The Morgan fingerprint density at radius 3 is 2.94 bits per heavy atom. The molecule has 2 saturated heterocycles. The van der Waals surface area contributed by atoms with Crippen molar-refractivity contribution in [3.63, 3.8) is 0 Å². The SMILES string of the molecule is CC(C)C(=O)N1CCCC2(CNCCO2)C1. The molecule has 0 radical (unpaired) electrons. The van der Waals surface area contributed by atoms with Gasteiger partial charge in [0.05, 0.1) is 18.8 Å². The van der Waals surface area contributed by atoms with E-state index in [1.165, 1.54) is 0 Å². The Kier molecular flexibility index (Phi) is 3.50. The fourth-order valence-electron chi connectivity index (χ4n) is 2.62. The van der Waals surface area contributed by atoms with Crippen molar-refractivity contribution >= 4 is 5.91 Å². The summed E-state index contributed by atoms with van der Waals surface area (Å²) in [5.74, 6) is 0.347. The lowest BCUT2D eigenvalue weighted by molar-refractivity contribution is -0.148. The van der Waals surface area contributed by atoms with Gasteiger partial charge in [0.25, 0.3) is 0 Å².